The molecule has 0 spiro atoms. The summed E-state index contributed by atoms with van der Waals surface area (Å²) in [6.07, 6.45) is 5.10. The summed E-state index contributed by atoms with van der Waals surface area (Å²) in [5, 5.41) is 0. The molecule has 1 aromatic carbocycles. The molecule has 4 heteroatoms. The van der Waals surface area contributed by atoms with Gasteiger partial charge in [0.25, 0.3) is 0 Å². The van der Waals surface area contributed by atoms with E-state index in [1.54, 1.807) is 0 Å². The number of unbranched alkanes of at least 4 members (excludes halogenated alkanes) is 3. The second kappa shape index (κ2) is 9.67. The molecule has 118 valence electrons. The number of ether oxygens (including phenoxy) is 1. The molecule has 1 rings (SSSR count). The van der Waals surface area contributed by atoms with Crippen LogP contribution >= 0.6 is 11.6 Å². The third-order valence-electron chi connectivity index (χ3n) is 3.34. The van der Waals surface area contributed by atoms with Crippen LogP contribution in [0.2, 0.25) is 0 Å². The number of rotatable bonds is 10. The summed E-state index contributed by atoms with van der Waals surface area (Å²) >= 11 is 5.66. The molecule has 0 aliphatic heterocycles. The Kier molecular flexibility index (Phi) is 8.21. The maximum Gasteiger partial charge on any atom is 0.166 e. The fourth-order valence-electron chi connectivity index (χ4n) is 2.15. The van der Waals surface area contributed by atoms with E-state index < -0.39 is 0 Å². The largest absolute Gasteiger partial charge is 0.494 e. The van der Waals surface area contributed by atoms with Gasteiger partial charge in [0, 0.05) is 38.0 Å². The van der Waals surface area contributed by atoms with Crippen LogP contribution in [0.5, 0.6) is 5.75 Å². The number of halogens is 1. The van der Waals surface area contributed by atoms with Crippen LogP contribution in [0.15, 0.2) is 18.2 Å². The van der Waals surface area contributed by atoms with Gasteiger partial charge in [-0.15, -0.1) is 11.6 Å². The van der Waals surface area contributed by atoms with Crippen molar-refractivity contribution in [2.75, 3.05) is 31.5 Å². The van der Waals surface area contributed by atoms with Crippen LogP contribution < -0.4 is 9.64 Å². The van der Waals surface area contributed by atoms with Gasteiger partial charge < -0.3 is 9.64 Å². The Bertz CT molecular complexity index is 446. The van der Waals surface area contributed by atoms with Gasteiger partial charge in [-0.3, -0.25) is 4.79 Å². The molecule has 3 nitrogen and oxygen atoms in total. The third kappa shape index (κ3) is 5.96. The predicted octanol–water partition coefficient (Wildman–Crippen LogP) is 4.52. The molecule has 0 aliphatic rings. The van der Waals surface area contributed by atoms with Crippen molar-refractivity contribution < 1.29 is 9.53 Å². The SMILES string of the molecule is CCCCCCOc1ccc(C(=O)CCCl)c(N(C)C)c1. The summed E-state index contributed by atoms with van der Waals surface area (Å²) in [5.41, 5.74) is 1.59. The minimum Gasteiger partial charge on any atom is -0.494 e. The first-order chi connectivity index (χ1) is 10.1. The number of Topliss-reactive ketones (excluding diaryl/α,β-unsaturated/α-hetero) is 1. The number of nitrogens with zero attached hydrogens (tertiary/aromatic N) is 1. The highest BCUT2D eigenvalue weighted by molar-refractivity contribution is 6.20. The number of hydrogen-bond acceptors (Lipinski definition) is 3. The minimum atomic E-state index is 0.0724. The fraction of sp³-hybridized carbons (Fsp3) is 0.588. The molecule has 21 heavy (non-hydrogen) atoms. The van der Waals surface area contributed by atoms with Crippen molar-refractivity contribution in [3.8, 4) is 5.75 Å². The van der Waals surface area contributed by atoms with Crippen LogP contribution in [0.3, 0.4) is 0 Å². The van der Waals surface area contributed by atoms with E-state index >= 15 is 0 Å². The quantitative estimate of drug-likeness (QED) is 0.361. The Morgan fingerprint density at radius 2 is 2.00 bits per heavy atom. The van der Waals surface area contributed by atoms with Crippen molar-refractivity contribution in [2.24, 2.45) is 0 Å². The highest BCUT2D eigenvalue weighted by atomic mass is 35.5. The van der Waals surface area contributed by atoms with Crippen LogP contribution in [-0.4, -0.2) is 32.4 Å². The second-order valence-electron chi connectivity index (χ2n) is 5.34. The molecule has 0 bridgehead atoms. The molecule has 0 aliphatic carbocycles. The van der Waals surface area contributed by atoms with Crippen LogP contribution in [0, 0.1) is 0 Å². The molecule has 0 saturated carbocycles. The Morgan fingerprint density at radius 3 is 2.62 bits per heavy atom. The van der Waals surface area contributed by atoms with Gasteiger partial charge in [0.15, 0.2) is 5.78 Å². The number of ketones is 1. The average molecular weight is 312 g/mol. The molecule has 0 radical (unpaired) electrons. The summed E-state index contributed by atoms with van der Waals surface area (Å²) in [7, 11) is 3.86. The van der Waals surface area contributed by atoms with E-state index in [1.165, 1.54) is 19.3 Å². The zero-order chi connectivity index (χ0) is 15.7. The lowest BCUT2D eigenvalue weighted by atomic mass is 10.1. The summed E-state index contributed by atoms with van der Waals surface area (Å²) in [5.74, 6) is 1.24. The van der Waals surface area contributed by atoms with Gasteiger partial charge in [-0.05, 0) is 18.6 Å². The molecule has 0 fully saturated rings. The Labute approximate surface area is 133 Å². The van der Waals surface area contributed by atoms with Crippen molar-refractivity contribution in [3.63, 3.8) is 0 Å². The highest BCUT2D eigenvalue weighted by Crippen LogP contribution is 2.26. The van der Waals surface area contributed by atoms with E-state index in [0.717, 1.165) is 24.5 Å². The number of alkyl halides is 1. The lowest BCUT2D eigenvalue weighted by Gasteiger charge is -2.18. The van der Waals surface area contributed by atoms with Gasteiger partial charge in [0.05, 0.1) is 12.3 Å². The van der Waals surface area contributed by atoms with Crippen molar-refractivity contribution in [2.45, 2.75) is 39.0 Å². The van der Waals surface area contributed by atoms with Crippen LogP contribution in [0.25, 0.3) is 0 Å². The van der Waals surface area contributed by atoms with Gasteiger partial charge in [-0.2, -0.15) is 0 Å². The first-order valence-corrected chi connectivity index (χ1v) is 8.17. The van der Waals surface area contributed by atoms with E-state index in [2.05, 4.69) is 6.92 Å². The molecule has 0 heterocycles. The maximum atomic E-state index is 12.1. The van der Waals surface area contributed by atoms with Crippen molar-refractivity contribution in [3.05, 3.63) is 23.8 Å². The number of benzene rings is 1. The first-order valence-electron chi connectivity index (χ1n) is 7.63. The fourth-order valence-corrected chi connectivity index (χ4v) is 2.32. The monoisotopic (exact) mass is 311 g/mol. The molecular formula is C17H26ClNO2. The lowest BCUT2D eigenvalue weighted by molar-refractivity contribution is 0.0989. The van der Waals surface area contributed by atoms with Gasteiger partial charge >= 0.3 is 0 Å². The van der Waals surface area contributed by atoms with Crippen LogP contribution in [-0.2, 0) is 0 Å². The van der Waals surface area contributed by atoms with Gasteiger partial charge in [-0.1, -0.05) is 26.2 Å². The normalized spacial score (nSPS) is 10.5. The summed E-state index contributed by atoms with van der Waals surface area (Å²) in [6.45, 7) is 2.92. The van der Waals surface area contributed by atoms with Gasteiger partial charge in [-0.25, -0.2) is 0 Å². The molecule has 0 aromatic heterocycles. The molecule has 0 saturated heterocycles. The first kappa shape index (κ1) is 17.8. The molecule has 0 amide bonds. The van der Waals surface area contributed by atoms with E-state index in [0.29, 0.717) is 17.9 Å². The number of anilines is 1. The molecule has 0 N–H and O–H groups in total. The van der Waals surface area contributed by atoms with Crippen molar-refractivity contribution in [1.29, 1.82) is 0 Å². The van der Waals surface area contributed by atoms with Crippen LogP contribution in [0.4, 0.5) is 5.69 Å². The van der Waals surface area contributed by atoms with Gasteiger partial charge in [0.1, 0.15) is 5.75 Å². The van der Waals surface area contributed by atoms with Crippen molar-refractivity contribution in [1.82, 2.24) is 0 Å². The minimum absolute atomic E-state index is 0.0724. The molecule has 0 unspecified atom stereocenters. The van der Waals surface area contributed by atoms with Crippen LogP contribution in [0.1, 0.15) is 49.4 Å². The Morgan fingerprint density at radius 1 is 1.24 bits per heavy atom. The van der Waals surface area contributed by atoms with E-state index in [4.69, 9.17) is 16.3 Å². The van der Waals surface area contributed by atoms with E-state index in [1.807, 2.05) is 37.2 Å². The lowest BCUT2D eigenvalue weighted by Crippen LogP contribution is -2.14. The standard InChI is InChI=1S/C17H26ClNO2/c1-4-5-6-7-12-21-14-8-9-15(17(20)10-11-18)16(13-14)19(2)3/h8-9,13H,4-7,10-12H2,1-3H3. The predicted molar refractivity (Wildman–Crippen MR) is 90.1 cm³/mol. The number of carbonyl (C=O) groups is 1. The summed E-state index contributed by atoms with van der Waals surface area (Å²) in [6, 6.07) is 5.64. The zero-order valence-corrected chi connectivity index (χ0v) is 14.1. The Hall–Kier alpha value is -1.22. The highest BCUT2D eigenvalue weighted by Gasteiger charge is 2.13. The third-order valence-corrected chi connectivity index (χ3v) is 3.53. The topological polar surface area (TPSA) is 29.5 Å². The number of carbonyl (C=O) groups excluding carboxylic acids is 1. The average Bonchev–Trinajstić information content (AvgIpc) is 2.47. The summed E-state index contributed by atoms with van der Waals surface area (Å²) < 4.78 is 5.77. The molecular weight excluding hydrogens is 286 g/mol. The van der Waals surface area contributed by atoms with E-state index in [9.17, 15) is 4.79 Å². The maximum absolute atomic E-state index is 12.1. The van der Waals surface area contributed by atoms with Crippen molar-refractivity contribution >= 4 is 23.1 Å². The second-order valence-corrected chi connectivity index (χ2v) is 5.72. The molecule has 0 atom stereocenters. The zero-order valence-electron chi connectivity index (χ0n) is 13.3. The molecule has 1 aromatic rings. The summed E-state index contributed by atoms with van der Waals surface area (Å²) in [4.78, 5) is 14.0. The Balaban J connectivity index is 2.71. The number of hydrogen-bond donors (Lipinski definition) is 0. The smallest absolute Gasteiger partial charge is 0.166 e. The van der Waals surface area contributed by atoms with Gasteiger partial charge in [0.2, 0.25) is 0 Å². The van der Waals surface area contributed by atoms with E-state index in [-0.39, 0.29) is 5.78 Å².